The third-order valence-electron chi connectivity index (χ3n) is 2.22. The average molecular weight is 192 g/mol. The van der Waals surface area contributed by atoms with E-state index >= 15 is 0 Å². The van der Waals surface area contributed by atoms with Gasteiger partial charge in [-0.05, 0) is 25.0 Å². The van der Waals surface area contributed by atoms with Gasteiger partial charge in [0, 0.05) is 6.54 Å². The molecule has 0 fully saturated rings. The lowest BCUT2D eigenvalue weighted by molar-refractivity contribution is 0.735. The van der Waals surface area contributed by atoms with Crippen LogP contribution in [0.2, 0.25) is 0 Å². The van der Waals surface area contributed by atoms with Crippen molar-refractivity contribution in [3.63, 3.8) is 0 Å². The van der Waals surface area contributed by atoms with Crippen LogP contribution < -0.4 is 5.01 Å². The van der Waals surface area contributed by atoms with Crippen molar-refractivity contribution in [3.05, 3.63) is 34.7 Å². The maximum atomic E-state index is 10.6. The molecule has 0 amide bonds. The Labute approximate surface area is 84.7 Å². The number of aryl methyl sites for hydroxylation is 1. The summed E-state index contributed by atoms with van der Waals surface area (Å²) in [6.07, 6.45) is 2.05. The van der Waals surface area contributed by atoms with Crippen LogP contribution in [-0.2, 0) is 0 Å². The zero-order valence-corrected chi connectivity index (χ0v) is 8.73. The summed E-state index contributed by atoms with van der Waals surface area (Å²) in [5.74, 6) is 0. The minimum absolute atomic E-state index is 0.699. The highest BCUT2D eigenvalue weighted by molar-refractivity contribution is 5.51. The molecule has 0 spiro atoms. The summed E-state index contributed by atoms with van der Waals surface area (Å²) in [7, 11) is 0. The second-order valence-electron chi connectivity index (χ2n) is 3.34. The Bertz CT molecular complexity index is 299. The lowest BCUT2D eigenvalue weighted by Gasteiger charge is -2.16. The summed E-state index contributed by atoms with van der Waals surface area (Å²) in [5.41, 5.74) is 2.00. The van der Waals surface area contributed by atoms with E-state index < -0.39 is 0 Å². The summed E-state index contributed by atoms with van der Waals surface area (Å²) < 4.78 is 0. The van der Waals surface area contributed by atoms with Gasteiger partial charge in [0.05, 0.1) is 11.0 Å². The topological polar surface area (TPSA) is 32.7 Å². The van der Waals surface area contributed by atoms with Crippen molar-refractivity contribution in [2.75, 3.05) is 11.6 Å². The Hall–Kier alpha value is -1.38. The molecule has 0 unspecified atom stereocenters. The van der Waals surface area contributed by atoms with E-state index in [1.165, 1.54) is 5.01 Å². The van der Waals surface area contributed by atoms with E-state index in [1.807, 2.05) is 31.2 Å². The Morgan fingerprint density at radius 3 is 2.64 bits per heavy atom. The van der Waals surface area contributed by atoms with Crippen LogP contribution in [0.3, 0.4) is 0 Å². The number of hydrogen-bond donors (Lipinski definition) is 0. The number of rotatable bonds is 5. The molecule has 1 aromatic rings. The first kappa shape index (κ1) is 10.7. The minimum Gasteiger partial charge on any atom is -0.229 e. The second kappa shape index (κ2) is 5.37. The highest BCUT2D eigenvalue weighted by Crippen LogP contribution is 2.19. The third kappa shape index (κ3) is 2.55. The first-order valence-corrected chi connectivity index (χ1v) is 4.96. The van der Waals surface area contributed by atoms with E-state index in [-0.39, 0.29) is 0 Å². The summed E-state index contributed by atoms with van der Waals surface area (Å²) in [6, 6.07) is 7.79. The van der Waals surface area contributed by atoms with Gasteiger partial charge >= 0.3 is 0 Å². The summed E-state index contributed by atoms with van der Waals surface area (Å²) in [6.45, 7) is 4.78. The minimum atomic E-state index is 0.699. The summed E-state index contributed by atoms with van der Waals surface area (Å²) in [4.78, 5) is 10.6. The van der Waals surface area contributed by atoms with Crippen LogP contribution in [0.4, 0.5) is 5.69 Å². The molecular formula is C11H16N2O. The molecule has 0 N–H and O–H groups in total. The van der Waals surface area contributed by atoms with E-state index in [1.54, 1.807) is 0 Å². The highest BCUT2D eigenvalue weighted by atomic mass is 16.3. The van der Waals surface area contributed by atoms with Crippen molar-refractivity contribution in [2.45, 2.75) is 26.7 Å². The number of para-hydroxylation sites is 1. The molecule has 0 aliphatic heterocycles. The van der Waals surface area contributed by atoms with Gasteiger partial charge in [0.15, 0.2) is 0 Å². The molecule has 1 rings (SSSR count). The van der Waals surface area contributed by atoms with Crippen LogP contribution in [-0.4, -0.2) is 6.54 Å². The number of nitrogens with zero attached hydrogens (tertiary/aromatic N) is 2. The Kier molecular flexibility index (Phi) is 4.11. The van der Waals surface area contributed by atoms with Crippen molar-refractivity contribution in [2.24, 2.45) is 5.29 Å². The van der Waals surface area contributed by atoms with Gasteiger partial charge in [-0.2, -0.15) is 0 Å². The van der Waals surface area contributed by atoms with Crippen molar-refractivity contribution in [1.29, 1.82) is 0 Å². The molecule has 0 heterocycles. The molecule has 0 saturated heterocycles. The Balaban J connectivity index is 2.78. The predicted octanol–water partition coefficient (Wildman–Crippen LogP) is 3.28. The van der Waals surface area contributed by atoms with Crippen molar-refractivity contribution in [1.82, 2.24) is 0 Å². The highest BCUT2D eigenvalue weighted by Gasteiger charge is 2.07. The lowest BCUT2D eigenvalue weighted by atomic mass is 10.2. The zero-order chi connectivity index (χ0) is 10.4. The number of anilines is 1. The standard InChI is InChI=1S/C11H16N2O/c1-3-4-9-13(12-14)11-8-6-5-7-10(11)2/h5-8H,3-4,9H2,1-2H3. The quantitative estimate of drug-likeness (QED) is 0.529. The fraction of sp³-hybridized carbons (Fsp3) is 0.455. The zero-order valence-electron chi connectivity index (χ0n) is 8.73. The third-order valence-corrected chi connectivity index (χ3v) is 2.22. The van der Waals surface area contributed by atoms with Gasteiger partial charge in [-0.1, -0.05) is 31.5 Å². The number of hydrogen-bond acceptors (Lipinski definition) is 2. The van der Waals surface area contributed by atoms with Gasteiger partial charge in [0.2, 0.25) is 0 Å². The van der Waals surface area contributed by atoms with E-state index in [0.717, 1.165) is 24.1 Å². The van der Waals surface area contributed by atoms with Crippen LogP contribution in [0.1, 0.15) is 25.3 Å². The number of unbranched alkanes of at least 4 members (excludes halogenated alkanes) is 1. The SMILES string of the molecule is CCCCN(N=O)c1ccccc1C. The van der Waals surface area contributed by atoms with Crippen LogP contribution >= 0.6 is 0 Å². The second-order valence-corrected chi connectivity index (χ2v) is 3.34. The fourth-order valence-corrected chi connectivity index (χ4v) is 1.37. The summed E-state index contributed by atoms with van der Waals surface area (Å²) >= 11 is 0. The van der Waals surface area contributed by atoms with Gasteiger partial charge in [0.25, 0.3) is 0 Å². The Morgan fingerprint density at radius 1 is 1.36 bits per heavy atom. The summed E-state index contributed by atoms with van der Waals surface area (Å²) in [5, 5.41) is 4.57. The van der Waals surface area contributed by atoms with Crippen molar-refractivity contribution in [3.8, 4) is 0 Å². The van der Waals surface area contributed by atoms with E-state index in [0.29, 0.717) is 6.54 Å². The maximum Gasteiger partial charge on any atom is 0.0655 e. The number of benzene rings is 1. The lowest BCUT2D eigenvalue weighted by Crippen LogP contribution is -2.17. The molecule has 0 atom stereocenters. The van der Waals surface area contributed by atoms with E-state index in [2.05, 4.69) is 12.2 Å². The smallest absolute Gasteiger partial charge is 0.0655 e. The van der Waals surface area contributed by atoms with E-state index in [4.69, 9.17) is 0 Å². The largest absolute Gasteiger partial charge is 0.229 e. The molecule has 76 valence electrons. The molecule has 0 bridgehead atoms. The average Bonchev–Trinajstić information content (AvgIpc) is 2.21. The van der Waals surface area contributed by atoms with Gasteiger partial charge < -0.3 is 0 Å². The molecule has 0 aliphatic carbocycles. The molecular weight excluding hydrogens is 176 g/mol. The predicted molar refractivity (Wildman–Crippen MR) is 59.2 cm³/mol. The normalized spacial score (nSPS) is 9.86. The van der Waals surface area contributed by atoms with Crippen LogP contribution in [0.5, 0.6) is 0 Å². The van der Waals surface area contributed by atoms with Crippen LogP contribution in [0.15, 0.2) is 29.6 Å². The molecule has 0 saturated carbocycles. The van der Waals surface area contributed by atoms with Crippen molar-refractivity contribution >= 4 is 5.69 Å². The molecule has 1 aromatic carbocycles. The first-order chi connectivity index (χ1) is 6.79. The van der Waals surface area contributed by atoms with Gasteiger partial charge in [-0.3, -0.25) is 0 Å². The maximum absolute atomic E-state index is 10.6. The molecule has 0 aromatic heterocycles. The van der Waals surface area contributed by atoms with Crippen LogP contribution in [0, 0.1) is 11.8 Å². The Morgan fingerprint density at radius 2 is 2.07 bits per heavy atom. The molecule has 3 heteroatoms. The van der Waals surface area contributed by atoms with Crippen LogP contribution in [0.25, 0.3) is 0 Å². The van der Waals surface area contributed by atoms with Gasteiger partial charge in [-0.25, -0.2) is 5.01 Å². The molecule has 3 nitrogen and oxygen atoms in total. The van der Waals surface area contributed by atoms with E-state index in [9.17, 15) is 4.91 Å². The van der Waals surface area contributed by atoms with Crippen molar-refractivity contribution < 1.29 is 0 Å². The fourth-order valence-electron chi connectivity index (χ4n) is 1.37. The first-order valence-electron chi connectivity index (χ1n) is 4.96. The molecule has 14 heavy (non-hydrogen) atoms. The van der Waals surface area contributed by atoms with Gasteiger partial charge in [0.1, 0.15) is 0 Å². The number of nitroso groups, excluding NO2 is 1. The monoisotopic (exact) mass is 192 g/mol. The molecule has 0 aliphatic rings. The van der Waals surface area contributed by atoms with Gasteiger partial charge in [-0.15, -0.1) is 4.91 Å². The molecule has 0 radical (unpaired) electrons.